The van der Waals surface area contributed by atoms with E-state index in [1.807, 2.05) is 24.3 Å². The third-order valence-corrected chi connectivity index (χ3v) is 5.67. The molecule has 4 aromatic rings. The fraction of sp³-hybridized carbons (Fsp3) is 0.160. The van der Waals surface area contributed by atoms with E-state index >= 15 is 0 Å². The van der Waals surface area contributed by atoms with Gasteiger partial charge in [0.2, 0.25) is 0 Å². The summed E-state index contributed by atoms with van der Waals surface area (Å²) < 4.78 is 6.95. The van der Waals surface area contributed by atoms with Crippen LogP contribution in [0.4, 0.5) is 5.69 Å². The quantitative estimate of drug-likeness (QED) is 0.193. The fourth-order valence-corrected chi connectivity index (χ4v) is 4.01. The van der Waals surface area contributed by atoms with Crippen molar-refractivity contribution in [3.8, 4) is 24.0 Å². The number of rotatable bonds is 6. The van der Waals surface area contributed by atoms with Crippen molar-refractivity contribution in [1.82, 2.24) is 24.7 Å². The topological polar surface area (TPSA) is 148 Å². The van der Waals surface area contributed by atoms with Crippen LogP contribution >= 0.6 is 0 Å². The Morgan fingerprint density at radius 2 is 2.03 bits per heavy atom. The van der Waals surface area contributed by atoms with Crippen LogP contribution in [0, 0.1) is 17.8 Å². The molecule has 0 amide bonds. The first-order valence-corrected chi connectivity index (χ1v) is 11.0. The fourth-order valence-electron chi connectivity index (χ4n) is 4.01. The Labute approximate surface area is 200 Å². The van der Waals surface area contributed by atoms with Crippen LogP contribution in [0.5, 0.6) is 5.75 Å². The number of anilines is 1. The molecule has 1 aliphatic heterocycles. The van der Waals surface area contributed by atoms with Crippen molar-refractivity contribution in [1.29, 1.82) is 5.41 Å². The van der Waals surface area contributed by atoms with E-state index in [0.29, 0.717) is 23.6 Å². The number of hydrogen-bond donors (Lipinski definition) is 4. The van der Waals surface area contributed by atoms with E-state index in [-0.39, 0.29) is 11.8 Å². The maximum atomic E-state index is 12.8. The molecule has 10 heteroatoms. The number of H-pyrrole nitrogens is 1. The van der Waals surface area contributed by atoms with Gasteiger partial charge >= 0.3 is 5.69 Å². The highest BCUT2D eigenvalue weighted by Gasteiger charge is 2.24. The molecule has 0 unspecified atom stereocenters. The number of nitrogens with one attached hydrogen (secondary N) is 3. The van der Waals surface area contributed by atoms with Crippen LogP contribution in [0.1, 0.15) is 40.5 Å². The van der Waals surface area contributed by atoms with Gasteiger partial charge in [0.05, 0.1) is 12.2 Å². The van der Waals surface area contributed by atoms with E-state index < -0.39 is 11.7 Å². The first-order valence-electron chi connectivity index (χ1n) is 11.0. The second kappa shape index (κ2) is 9.15. The van der Waals surface area contributed by atoms with Gasteiger partial charge in [0.25, 0.3) is 5.95 Å². The minimum atomic E-state index is -0.560. The number of hydrogen-bond acceptors (Lipinski definition) is 7. The second-order valence-electron chi connectivity index (χ2n) is 8.00. The molecule has 10 nitrogen and oxygen atoms in total. The van der Waals surface area contributed by atoms with Crippen molar-refractivity contribution >= 4 is 11.5 Å². The van der Waals surface area contributed by atoms with Gasteiger partial charge in [-0.05, 0) is 66.4 Å². The number of aromatic nitrogens is 5. The lowest BCUT2D eigenvalue weighted by atomic mass is 9.95. The standard InChI is InChI=1S/C25H22N8O2/c1-2-15-13-18(14-17-5-3-12-35-21(15)17)20(30-19-8-6-16(7-9-19)22(26)27)23-31-25(34)33(32-23)24-28-10-4-11-29-24/h1,4,6-11,13-14,20,30H,3,5,12H2,(H3,26,27)(H,31,32,34)/t20-/m0/s1. The molecule has 0 saturated heterocycles. The number of amidine groups is 1. The van der Waals surface area contributed by atoms with Crippen molar-refractivity contribution < 1.29 is 4.74 Å². The third-order valence-electron chi connectivity index (χ3n) is 5.67. The molecule has 0 bridgehead atoms. The molecule has 3 heterocycles. The van der Waals surface area contributed by atoms with Crippen LogP contribution in [0.2, 0.25) is 0 Å². The molecule has 0 spiro atoms. The van der Waals surface area contributed by atoms with E-state index in [4.69, 9.17) is 22.3 Å². The summed E-state index contributed by atoms with van der Waals surface area (Å²) in [5, 5.41) is 15.5. The molecule has 0 aliphatic carbocycles. The van der Waals surface area contributed by atoms with Crippen molar-refractivity contribution in [2.24, 2.45) is 5.73 Å². The summed E-state index contributed by atoms with van der Waals surface area (Å²) in [6.07, 6.45) is 10.6. The van der Waals surface area contributed by atoms with E-state index in [1.54, 1.807) is 18.2 Å². The molecular formula is C25H22N8O2. The Hall–Kier alpha value is -4.91. The molecule has 0 radical (unpaired) electrons. The average molecular weight is 467 g/mol. The normalized spacial score (nSPS) is 13.2. The van der Waals surface area contributed by atoms with Gasteiger partial charge in [0.15, 0.2) is 5.82 Å². The van der Waals surface area contributed by atoms with Gasteiger partial charge < -0.3 is 15.8 Å². The molecule has 2 aromatic heterocycles. The number of terminal acetylenes is 1. The predicted octanol–water partition coefficient (Wildman–Crippen LogP) is 2.14. The van der Waals surface area contributed by atoms with E-state index in [9.17, 15) is 4.79 Å². The summed E-state index contributed by atoms with van der Waals surface area (Å²) in [7, 11) is 0. The molecule has 35 heavy (non-hydrogen) atoms. The molecule has 5 rings (SSSR count). The van der Waals surface area contributed by atoms with Crippen LogP contribution in [0.3, 0.4) is 0 Å². The summed E-state index contributed by atoms with van der Waals surface area (Å²) in [4.78, 5) is 23.8. The lowest BCUT2D eigenvalue weighted by Crippen LogP contribution is -2.18. The van der Waals surface area contributed by atoms with Crippen molar-refractivity contribution in [3.63, 3.8) is 0 Å². The molecule has 5 N–H and O–H groups in total. The summed E-state index contributed by atoms with van der Waals surface area (Å²) >= 11 is 0. The minimum Gasteiger partial charge on any atom is -0.492 e. The van der Waals surface area contributed by atoms with Crippen LogP contribution in [0.15, 0.2) is 59.7 Å². The third kappa shape index (κ3) is 4.35. The summed E-state index contributed by atoms with van der Waals surface area (Å²) in [6, 6.07) is 12.1. The van der Waals surface area contributed by atoms with Crippen molar-refractivity contribution in [2.75, 3.05) is 11.9 Å². The highest BCUT2D eigenvalue weighted by molar-refractivity contribution is 5.95. The van der Waals surface area contributed by atoms with E-state index in [1.165, 1.54) is 12.4 Å². The largest absolute Gasteiger partial charge is 0.492 e. The zero-order chi connectivity index (χ0) is 24.4. The van der Waals surface area contributed by atoms with Crippen LogP contribution < -0.4 is 21.5 Å². The number of aromatic amines is 1. The Balaban J connectivity index is 1.61. The Bertz CT molecular complexity index is 1480. The Kier molecular flexibility index (Phi) is 5.73. The van der Waals surface area contributed by atoms with Crippen LogP contribution in [-0.2, 0) is 6.42 Å². The monoisotopic (exact) mass is 466 g/mol. The minimum absolute atomic E-state index is 0.0209. The molecule has 1 atom stereocenters. The second-order valence-corrected chi connectivity index (χ2v) is 8.00. The zero-order valence-electron chi connectivity index (χ0n) is 18.7. The number of fused-ring (bicyclic) bond motifs is 1. The van der Waals surface area contributed by atoms with Gasteiger partial charge in [-0.2, -0.15) is 0 Å². The van der Waals surface area contributed by atoms with Crippen molar-refractivity contribution in [3.05, 3.63) is 93.4 Å². The Morgan fingerprint density at radius 1 is 1.26 bits per heavy atom. The molecule has 1 aliphatic rings. The van der Waals surface area contributed by atoms with Gasteiger partial charge in [-0.3, -0.25) is 10.4 Å². The van der Waals surface area contributed by atoms with E-state index in [0.717, 1.165) is 40.1 Å². The van der Waals surface area contributed by atoms with Crippen molar-refractivity contribution in [2.45, 2.75) is 18.9 Å². The van der Waals surface area contributed by atoms with Gasteiger partial charge in [-0.15, -0.1) is 16.2 Å². The number of nitrogens with zero attached hydrogens (tertiary/aromatic N) is 4. The first-order chi connectivity index (χ1) is 17.0. The summed E-state index contributed by atoms with van der Waals surface area (Å²) in [5.74, 6) is 3.94. The number of nitrogen functional groups attached to an aromatic ring is 1. The van der Waals surface area contributed by atoms with E-state index in [2.05, 4.69) is 31.3 Å². The Morgan fingerprint density at radius 3 is 2.74 bits per heavy atom. The number of aryl methyl sites for hydroxylation is 1. The summed E-state index contributed by atoms with van der Waals surface area (Å²) in [6.45, 7) is 0.625. The smallest absolute Gasteiger partial charge is 0.350 e. The van der Waals surface area contributed by atoms with Crippen LogP contribution in [0.25, 0.3) is 5.95 Å². The summed E-state index contributed by atoms with van der Waals surface area (Å²) in [5.41, 5.74) is 8.92. The first kappa shape index (κ1) is 21.9. The van der Waals surface area contributed by atoms with Gasteiger partial charge in [0.1, 0.15) is 17.6 Å². The predicted molar refractivity (Wildman–Crippen MR) is 131 cm³/mol. The average Bonchev–Trinajstić information content (AvgIpc) is 3.28. The molecule has 174 valence electrons. The van der Waals surface area contributed by atoms with Crippen LogP contribution in [-0.4, -0.2) is 37.2 Å². The van der Waals surface area contributed by atoms with Gasteiger partial charge in [-0.1, -0.05) is 5.92 Å². The highest BCUT2D eigenvalue weighted by Crippen LogP contribution is 2.34. The lowest BCUT2D eigenvalue weighted by Gasteiger charge is -2.23. The van der Waals surface area contributed by atoms with Gasteiger partial charge in [0, 0.05) is 23.6 Å². The lowest BCUT2D eigenvalue weighted by molar-refractivity contribution is 0.287. The zero-order valence-corrected chi connectivity index (χ0v) is 18.7. The number of nitrogens with two attached hydrogens (primary N) is 1. The number of ether oxygens (including phenoxy) is 1. The molecular weight excluding hydrogens is 444 g/mol. The molecule has 0 saturated carbocycles. The number of benzene rings is 2. The molecule has 2 aromatic carbocycles. The molecule has 0 fully saturated rings. The maximum Gasteiger partial charge on any atom is 0.350 e. The van der Waals surface area contributed by atoms with Gasteiger partial charge in [-0.25, -0.2) is 14.8 Å². The maximum absolute atomic E-state index is 12.8. The highest BCUT2D eigenvalue weighted by atomic mass is 16.5. The SMILES string of the molecule is C#Cc1cc([C@H](Nc2ccc(C(=N)N)cc2)c2nn(-c3ncccn3)c(=O)[nH]2)cc2c1OCCC2.